The number of likely N-dealkylation sites (tertiary alicyclic amines) is 1. The predicted molar refractivity (Wildman–Crippen MR) is 114 cm³/mol. The smallest absolute Gasteiger partial charge is 0.290 e. The molecule has 0 spiro atoms. The number of nitrogens with two attached hydrogens (primary N) is 1. The Hall–Kier alpha value is -3.13. The molecule has 1 fully saturated rings. The second kappa shape index (κ2) is 11.8. The summed E-state index contributed by atoms with van der Waals surface area (Å²) in [7, 11) is 1.78. The lowest BCUT2D eigenvalue weighted by Gasteiger charge is -2.32. The molecule has 0 saturated carbocycles. The van der Waals surface area contributed by atoms with Crippen molar-refractivity contribution in [1.29, 1.82) is 0 Å². The molecule has 8 heteroatoms. The number of aromatic nitrogens is 1. The molecular formula is C22H29N3O5. The lowest BCUT2D eigenvalue weighted by Crippen LogP contribution is -2.34. The number of rotatable bonds is 7. The van der Waals surface area contributed by atoms with Gasteiger partial charge in [0, 0.05) is 31.4 Å². The minimum absolute atomic E-state index is 0.0657. The molecule has 1 aromatic heterocycles. The van der Waals surface area contributed by atoms with Gasteiger partial charge < -0.3 is 25.0 Å². The summed E-state index contributed by atoms with van der Waals surface area (Å²) in [4.78, 5) is 33.7. The molecule has 1 aliphatic heterocycles. The van der Waals surface area contributed by atoms with Crippen LogP contribution < -0.4 is 16.0 Å². The lowest BCUT2D eigenvalue weighted by molar-refractivity contribution is -0.122. The first-order valence-electron chi connectivity index (χ1n) is 9.94. The van der Waals surface area contributed by atoms with Crippen LogP contribution in [0.3, 0.4) is 0 Å². The number of piperidine rings is 1. The predicted octanol–water partition coefficient (Wildman–Crippen LogP) is 1.83. The summed E-state index contributed by atoms with van der Waals surface area (Å²) in [6.45, 7) is 3.49. The molecule has 1 saturated heterocycles. The minimum atomic E-state index is -0.430. The van der Waals surface area contributed by atoms with Gasteiger partial charge >= 0.3 is 0 Å². The molecule has 0 radical (unpaired) electrons. The number of carbonyl (C=O) groups excluding carboxylic acids is 1. The average molecular weight is 415 g/mol. The Kier molecular flexibility index (Phi) is 9.08. The van der Waals surface area contributed by atoms with Crippen LogP contribution in [-0.2, 0) is 11.8 Å². The normalized spacial score (nSPS) is 14.4. The van der Waals surface area contributed by atoms with Crippen LogP contribution in [-0.4, -0.2) is 53.2 Å². The summed E-state index contributed by atoms with van der Waals surface area (Å²) in [5, 5.41) is 6.89. The van der Waals surface area contributed by atoms with E-state index in [1.54, 1.807) is 41.9 Å². The monoisotopic (exact) mass is 415 g/mol. The fourth-order valence-corrected chi connectivity index (χ4v) is 3.50. The van der Waals surface area contributed by atoms with Crippen LogP contribution in [0.25, 0.3) is 0 Å². The van der Waals surface area contributed by atoms with Gasteiger partial charge in [0.1, 0.15) is 5.75 Å². The largest absolute Gasteiger partial charge is 0.494 e. The van der Waals surface area contributed by atoms with Crippen molar-refractivity contribution in [2.75, 3.05) is 26.2 Å². The number of hydrogen-bond donors (Lipinski definition) is 2. The summed E-state index contributed by atoms with van der Waals surface area (Å²) in [6.07, 6.45) is 4.98. The van der Waals surface area contributed by atoms with Crippen molar-refractivity contribution in [2.45, 2.75) is 25.2 Å². The molecule has 8 nitrogen and oxygen atoms in total. The Bertz CT molecular complexity index is 871. The molecule has 0 atom stereocenters. The van der Waals surface area contributed by atoms with Crippen molar-refractivity contribution in [3.8, 4) is 5.75 Å². The fraction of sp³-hybridized carbons (Fsp3) is 0.409. The quantitative estimate of drug-likeness (QED) is 0.527. The van der Waals surface area contributed by atoms with Gasteiger partial charge in [-0.15, -0.1) is 0 Å². The van der Waals surface area contributed by atoms with Gasteiger partial charge in [0.05, 0.1) is 6.61 Å². The van der Waals surface area contributed by atoms with E-state index in [1.165, 1.54) is 5.56 Å². The van der Waals surface area contributed by atoms with Crippen LogP contribution in [0.5, 0.6) is 5.75 Å². The number of carbonyl (C=O) groups is 2. The maximum Gasteiger partial charge on any atom is 0.290 e. The molecule has 3 N–H and O–H groups in total. The lowest BCUT2D eigenvalue weighted by atomic mass is 9.90. The first kappa shape index (κ1) is 23.2. The van der Waals surface area contributed by atoms with Crippen molar-refractivity contribution >= 4 is 12.4 Å². The minimum Gasteiger partial charge on any atom is -0.494 e. The zero-order chi connectivity index (χ0) is 21.9. The van der Waals surface area contributed by atoms with Crippen LogP contribution in [0.4, 0.5) is 0 Å². The van der Waals surface area contributed by atoms with E-state index in [0.717, 1.165) is 44.6 Å². The first-order valence-corrected chi connectivity index (χ1v) is 9.94. The number of benzene rings is 1. The van der Waals surface area contributed by atoms with Crippen LogP contribution in [0.1, 0.15) is 41.1 Å². The second-order valence-corrected chi connectivity index (χ2v) is 7.22. The third kappa shape index (κ3) is 7.04. The number of primary amides is 1. The van der Waals surface area contributed by atoms with Gasteiger partial charge in [-0.3, -0.25) is 14.4 Å². The van der Waals surface area contributed by atoms with E-state index in [-0.39, 0.29) is 12.0 Å². The molecule has 30 heavy (non-hydrogen) atoms. The van der Waals surface area contributed by atoms with Crippen molar-refractivity contribution in [3.05, 3.63) is 64.1 Å². The number of hydrogen-bond acceptors (Lipinski definition) is 5. The van der Waals surface area contributed by atoms with E-state index in [2.05, 4.69) is 11.0 Å². The molecule has 2 heterocycles. The van der Waals surface area contributed by atoms with E-state index in [0.29, 0.717) is 18.1 Å². The number of pyridine rings is 1. The summed E-state index contributed by atoms with van der Waals surface area (Å²) >= 11 is 0. The standard InChI is InChI=1S/C21H27N3O3.CH2O2/c1-23-11-7-18(15-20(23)25)16-8-12-24(13-9-16)10-2-14-27-19-5-3-17(4-6-19)21(22)26;2-1-3/h3-7,11,15-16H,2,8-10,12-14H2,1H3,(H2,22,26);1H,(H,2,3). The van der Waals surface area contributed by atoms with Crippen molar-refractivity contribution in [3.63, 3.8) is 0 Å². The van der Waals surface area contributed by atoms with Crippen LogP contribution in [0.2, 0.25) is 0 Å². The molecule has 162 valence electrons. The number of carboxylic acid groups (broad SMARTS) is 1. The Morgan fingerprint density at radius 2 is 1.87 bits per heavy atom. The zero-order valence-electron chi connectivity index (χ0n) is 17.2. The van der Waals surface area contributed by atoms with E-state index in [9.17, 15) is 9.59 Å². The van der Waals surface area contributed by atoms with Gasteiger partial charge in [-0.2, -0.15) is 0 Å². The summed E-state index contributed by atoms with van der Waals surface area (Å²) in [5.74, 6) is 0.806. The molecular weight excluding hydrogens is 386 g/mol. The second-order valence-electron chi connectivity index (χ2n) is 7.22. The molecule has 0 unspecified atom stereocenters. The van der Waals surface area contributed by atoms with E-state index in [4.69, 9.17) is 20.4 Å². The number of amides is 1. The summed E-state index contributed by atoms with van der Waals surface area (Å²) < 4.78 is 7.34. The maximum absolute atomic E-state index is 11.8. The molecule has 0 aliphatic carbocycles. The molecule has 0 bridgehead atoms. The molecule has 2 aromatic rings. The SMILES string of the molecule is Cn1ccc(C2CCN(CCCOc3ccc(C(N)=O)cc3)CC2)cc1=O.O=CO. The van der Waals surface area contributed by atoms with Crippen molar-refractivity contribution in [2.24, 2.45) is 12.8 Å². The van der Waals surface area contributed by atoms with E-state index >= 15 is 0 Å². The summed E-state index contributed by atoms with van der Waals surface area (Å²) in [6, 6.07) is 10.8. The van der Waals surface area contributed by atoms with Crippen molar-refractivity contribution < 1.29 is 19.4 Å². The highest BCUT2D eigenvalue weighted by Gasteiger charge is 2.20. The third-order valence-corrected chi connectivity index (χ3v) is 5.21. The average Bonchev–Trinajstić information content (AvgIpc) is 2.74. The Balaban J connectivity index is 0.00000101. The van der Waals surface area contributed by atoms with Gasteiger partial charge in [-0.05, 0) is 74.2 Å². The van der Waals surface area contributed by atoms with Crippen molar-refractivity contribution in [1.82, 2.24) is 9.47 Å². The van der Waals surface area contributed by atoms with Gasteiger partial charge in [-0.1, -0.05) is 0 Å². The van der Waals surface area contributed by atoms with Crippen LogP contribution >= 0.6 is 0 Å². The summed E-state index contributed by atoms with van der Waals surface area (Å²) in [5.41, 5.74) is 6.95. The van der Waals surface area contributed by atoms with Gasteiger partial charge in [-0.25, -0.2) is 0 Å². The van der Waals surface area contributed by atoms with Crippen LogP contribution in [0, 0.1) is 0 Å². The van der Waals surface area contributed by atoms with Gasteiger partial charge in [0.15, 0.2) is 0 Å². The molecule has 1 aliphatic rings. The Labute approximate surface area is 175 Å². The first-order chi connectivity index (χ1) is 14.4. The molecule has 1 amide bonds. The topological polar surface area (TPSA) is 115 Å². The highest BCUT2D eigenvalue weighted by Crippen LogP contribution is 2.27. The van der Waals surface area contributed by atoms with E-state index < -0.39 is 5.91 Å². The highest BCUT2D eigenvalue weighted by molar-refractivity contribution is 5.92. The Morgan fingerprint density at radius 1 is 1.23 bits per heavy atom. The number of nitrogens with zero attached hydrogens (tertiary/aromatic N) is 2. The van der Waals surface area contributed by atoms with Gasteiger partial charge in [0.25, 0.3) is 12.0 Å². The molecule has 1 aromatic carbocycles. The number of ether oxygens (including phenoxy) is 1. The van der Waals surface area contributed by atoms with Crippen LogP contribution in [0.15, 0.2) is 47.4 Å². The molecule has 3 rings (SSSR count). The third-order valence-electron chi connectivity index (χ3n) is 5.21. The Morgan fingerprint density at radius 3 is 2.43 bits per heavy atom. The fourth-order valence-electron chi connectivity index (χ4n) is 3.50. The number of aryl methyl sites for hydroxylation is 1. The van der Waals surface area contributed by atoms with E-state index in [1.807, 2.05) is 6.20 Å². The highest BCUT2D eigenvalue weighted by atomic mass is 16.5. The van der Waals surface area contributed by atoms with Gasteiger partial charge in [0.2, 0.25) is 5.91 Å². The zero-order valence-corrected chi connectivity index (χ0v) is 17.2. The maximum atomic E-state index is 11.8.